The predicted molar refractivity (Wildman–Crippen MR) is 131 cm³/mol. The third-order valence-corrected chi connectivity index (χ3v) is 7.52. The standard InChI is InChI=1S/C28H32FN3O2/c1-27(2)13-19-14-28(3,16-27)17-32(19)26(34)24(31-25(33)21-9-4-6-10-22(21)29)12-18-15-30-23-11-7-5-8-20(18)23/h4-11,15,19,24,30H,12-14,16-17H2,1-3H3,(H,31,33). The van der Waals surface area contributed by atoms with E-state index in [0.717, 1.165) is 35.7 Å². The van der Waals surface area contributed by atoms with Crippen molar-refractivity contribution in [2.24, 2.45) is 10.8 Å². The first-order chi connectivity index (χ1) is 16.1. The molecule has 1 saturated carbocycles. The fourth-order valence-electron chi connectivity index (χ4n) is 6.52. The number of rotatable bonds is 5. The highest BCUT2D eigenvalue weighted by Gasteiger charge is 2.51. The maximum Gasteiger partial charge on any atom is 0.254 e. The summed E-state index contributed by atoms with van der Waals surface area (Å²) in [6.45, 7) is 7.50. The first-order valence-electron chi connectivity index (χ1n) is 12.1. The van der Waals surface area contributed by atoms with Crippen molar-refractivity contribution in [1.29, 1.82) is 0 Å². The Morgan fingerprint density at radius 1 is 1.12 bits per heavy atom. The van der Waals surface area contributed by atoms with E-state index in [-0.39, 0.29) is 28.3 Å². The molecule has 5 nitrogen and oxygen atoms in total. The SMILES string of the molecule is CC1(C)CC2CC(C)(CN2C(=O)C(Cc2c[nH]c3ccccc23)NC(=O)c2ccccc2F)C1. The molecule has 2 aliphatic rings. The molecule has 34 heavy (non-hydrogen) atoms. The van der Waals surface area contributed by atoms with Crippen molar-refractivity contribution in [3.63, 3.8) is 0 Å². The number of amides is 2. The Morgan fingerprint density at radius 2 is 1.85 bits per heavy atom. The third kappa shape index (κ3) is 4.22. The Labute approximate surface area is 199 Å². The minimum atomic E-state index is -0.780. The van der Waals surface area contributed by atoms with Gasteiger partial charge in [-0.05, 0) is 53.9 Å². The van der Waals surface area contributed by atoms with Gasteiger partial charge in [0.1, 0.15) is 11.9 Å². The number of nitrogens with zero attached hydrogens (tertiary/aromatic N) is 1. The van der Waals surface area contributed by atoms with E-state index in [4.69, 9.17) is 0 Å². The molecule has 2 heterocycles. The van der Waals surface area contributed by atoms with Crippen LogP contribution in [0.5, 0.6) is 0 Å². The van der Waals surface area contributed by atoms with E-state index in [1.165, 1.54) is 12.1 Å². The van der Waals surface area contributed by atoms with Gasteiger partial charge < -0.3 is 15.2 Å². The molecule has 6 heteroatoms. The zero-order valence-electron chi connectivity index (χ0n) is 20.0. The number of para-hydroxylation sites is 1. The smallest absolute Gasteiger partial charge is 0.254 e. The predicted octanol–water partition coefficient (Wildman–Crippen LogP) is 5.08. The molecule has 1 aliphatic heterocycles. The number of fused-ring (bicyclic) bond motifs is 3. The average Bonchev–Trinajstić information content (AvgIpc) is 3.29. The summed E-state index contributed by atoms with van der Waals surface area (Å²) >= 11 is 0. The van der Waals surface area contributed by atoms with Crippen molar-refractivity contribution in [2.75, 3.05) is 6.54 Å². The van der Waals surface area contributed by atoms with Crippen molar-refractivity contribution < 1.29 is 14.0 Å². The molecule has 1 aliphatic carbocycles. The van der Waals surface area contributed by atoms with Crippen molar-refractivity contribution in [1.82, 2.24) is 15.2 Å². The molecule has 1 saturated heterocycles. The molecule has 2 aromatic carbocycles. The minimum Gasteiger partial charge on any atom is -0.361 e. The lowest BCUT2D eigenvalue weighted by molar-refractivity contribution is -0.134. The summed E-state index contributed by atoms with van der Waals surface area (Å²) in [5.41, 5.74) is 2.15. The van der Waals surface area contributed by atoms with Gasteiger partial charge in [0.05, 0.1) is 5.56 Å². The summed E-state index contributed by atoms with van der Waals surface area (Å²) in [5.74, 6) is -1.24. The summed E-state index contributed by atoms with van der Waals surface area (Å²) in [4.78, 5) is 32.2. The Balaban J connectivity index is 1.46. The van der Waals surface area contributed by atoms with Crippen molar-refractivity contribution in [3.05, 3.63) is 71.7 Å². The lowest BCUT2D eigenvalue weighted by atomic mass is 9.65. The van der Waals surface area contributed by atoms with Crippen LogP contribution in [0.15, 0.2) is 54.7 Å². The van der Waals surface area contributed by atoms with E-state index in [2.05, 4.69) is 31.1 Å². The fourth-order valence-corrected chi connectivity index (χ4v) is 6.52. The fraction of sp³-hybridized carbons (Fsp3) is 0.429. The summed E-state index contributed by atoms with van der Waals surface area (Å²) in [7, 11) is 0. The van der Waals surface area contributed by atoms with Gasteiger partial charge in [-0.25, -0.2) is 4.39 Å². The first-order valence-corrected chi connectivity index (χ1v) is 12.1. The molecule has 3 unspecified atom stereocenters. The van der Waals surface area contributed by atoms with Crippen molar-refractivity contribution >= 4 is 22.7 Å². The Morgan fingerprint density at radius 3 is 2.65 bits per heavy atom. The molecule has 2 fully saturated rings. The molecule has 0 spiro atoms. The number of likely N-dealkylation sites (tertiary alicyclic amines) is 1. The van der Waals surface area contributed by atoms with Crippen LogP contribution in [0, 0.1) is 16.6 Å². The number of H-pyrrole nitrogens is 1. The van der Waals surface area contributed by atoms with Crippen LogP contribution in [0.4, 0.5) is 4.39 Å². The Kier molecular flexibility index (Phi) is 5.50. The van der Waals surface area contributed by atoms with Gasteiger partial charge in [0.2, 0.25) is 5.91 Å². The van der Waals surface area contributed by atoms with Crippen LogP contribution in [0.1, 0.15) is 56.0 Å². The van der Waals surface area contributed by atoms with Gasteiger partial charge in [-0.1, -0.05) is 51.1 Å². The second kappa shape index (κ2) is 8.26. The van der Waals surface area contributed by atoms with E-state index in [1.807, 2.05) is 35.4 Å². The number of nitrogens with one attached hydrogen (secondary N) is 2. The van der Waals surface area contributed by atoms with Crippen LogP contribution in [0.3, 0.4) is 0 Å². The zero-order chi connectivity index (χ0) is 24.1. The number of benzene rings is 2. The lowest BCUT2D eigenvalue weighted by Crippen LogP contribution is -2.51. The molecule has 0 radical (unpaired) electrons. The highest BCUT2D eigenvalue weighted by atomic mass is 19.1. The van der Waals surface area contributed by atoms with E-state index in [0.29, 0.717) is 13.0 Å². The van der Waals surface area contributed by atoms with Gasteiger partial charge >= 0.3 is 0 Å². The second-order valence-electron chi connectivity index (χ2n) is 11.2. The zero-order valence-corrected chi connectivity index (χ0v) is 20.0. The molecule has 2 N–H and O–H groups in total. The minimum absolute atomic E-state index is 0.0486. The Hall–Kier alpha value is -3.15. The molecular formula is C28H32FN3O2. The largest absolute Gasteiger partial charge is 0.361 e. The Bertz CT molecular complexity index is 1250. The number of carbonyl (C=O) groups excluding carboxylic acids is 2. The highest BCUT2D eigenvalue weighted by Crippen LogP contribution is 2.52. The second-order valence-corrected chi connectivity index (χ2v) is 11.2. The molecule has 178 valence electrons. The molecule has 1 aromatic heterocycles. The first kappa shape index (κ1) is 22.6. The lowest BCUT2D eigenvalue weighted by Gasteiger charge is -2.39. The van der Waals surface area contributed by atoms with E-state index < -0.39 is 17.8 Å². The highest BCUT2D eigenvalue weighted by molar-refractivity contribution is 5.98. The quantitative estimate of drug-likeness (QED) is 0.557. The summed E-state index contributed by atoms with van der Waals surface area (Å²) in [5, 5.41) is 3.90. The van der Waals surface area contributed by atoms with E-state index in [9.17, 15) is 14.0 Å². The van der Waals surface area contributed by atoms with Crippen LogP contribution in [-0.2, 0) is 11.2 Å². The molecular weight excluding hydrogens is 429 g/mol. The van der Waals surface area contributed by atoms with Crippen LogP contribution in [0.2, 0.25) is 0 Å². The van der Waals surface area contributed by atoms with Gasteiger partial charge in [0.25, 0.3) is 5.91 Å². The van der Waals surface area contributed by atoms with E-state index >= 15 is 0 Å². The molecule has 3 aromatic rings. The summed E-state index contributed by atoms with van der Waals surface area (Å²) in [6, 6.07) is 13.2. The number of halogens is 1. The van der Waals surface area contributed by atoms with Gasteiger partial charge in [-0.15, -0.1) is 0 Å². The number of aromatic nitrogens is 1. The summed E-state index contributed by atoms with van der Waals surface area (Å²) in [6.07, 6.45) is 5.26. The van der Waals surface area contributed by atoms with Crippen LogP contribution >= 0.6 is 0 Å². The van der Waals surface area contributed by atoms with Gasteiger partial charge in [0.15, 0.2) is 0 Å². The molecule has 5 rings (SSSR count). The van der Waals surface area contributed by atoms with Crippen molar-refractivity contribution in [2.45, 2.75) is 58.5 Å². The van der Waals surface area contributed by atoms with Crippen LogP contribution in [-0.4, -0.2) is 40.3 Å². The van der Waals surface area contributed by atoms with Crippen molar-refractivity contribution in [3.8, 4) is 0 Å². The monoisotopic (exact) mass is 461 g/mol. The maximum absolute atomic E-state index is 14.3. The van der Waals surface area contributed by atoms with Crippen LogP contribution in [0.25, 0.3) is 10.9 Å². The third-order valence-electron chi connectivity index (χ3n) is 7.52. The van der Waals surface area contributed by atoms with Gasteiger partial charge in [-0.3, -0.25) is 9.59 Å². The van der Waals surface area contributed by atoms with Gasteiger partial charge in [0, 0.05) is 36.1 Å². The molecule has 2 bridgehead atoms. The maximum atomic E-state index is 14.3. The van der Waals surface area contributed by atoms with Crippen LogP contribution < -0.4 is 5.32 Å². The number of aromatic amines is 1. The topological polar surface area (TPSA) is 65.2 Å². The molecule has 3 atom stereocenters. The van der Waals surface area contributed by atoms with E-state index in [1.54, 1.807) is 12.1 Å². The number of hydrogen-bond acceptors (Lipinski definition) is 2. The number of carbonyl (C=O) groups is 2. The average molecular weight is 462 g/mol. The normalized spacial score (nSPS) is 24.2. The molecule has 2 amide bonds. The summed E-state index contributed by atoms with van der Waals surface area (Å²) < 4.78 is 14.3. The number of hydrogen-bond donors (Lipinski definition) is 2. The van der Waals surface area contributed by atoms with Gasteiger partial charge in [-0.2, -0.15) is 0 Å².